The van der Waals surface area contributed by atoms with Crippen molar-refractivity contribution >= 4 is 5.91 Å². The minimum absolute atomic E-state index is 0.118. The minimum Gasteiger partial charge on any atom is -0.395 e. The van der Waals surface area contributed by atoms with E-state index in [0.29, 0.717) is 5.56 Å². The van der Waals surface area contributed by atoms with E-state index in [1.54, 1.807) is 18.2 Å². The summed E-state index contributed by atoms with van der Waals surface area (Å²) in [4.78, 5) is 11.8. The van der Waals surface area contributed by atoms with E-state index in [1.807, 2.05) is 0 Å². The van der Waals surface area contributed by atoms with Crippen LogP contribution in [0.15, 0.2) is 24.3 Å². The molecule has 1 aromatic rings. The van der Waals surface area contributed by atoms with Crippen molar-refractivity contribution in [3.8, 4) is 0 Å². The minimum atomic E-state index is -0.842. The zero-order chi connectivity index (χ0) is 12.3. The maximum absolute atomic E-state index is 13.3. The molecule has 92 valence electrons. The Bertz CT molecular complexity index is 412. The molecule has 2 N–H and O–H groups in total. The number of aliphatic hydroxyl groups is 1. The van der Waals surface area contributed by atoms with Gasteiger partial charge in [-0.15, -0.1) is 0 Å². The van der Waals surface area contributed by atoms with Gasteiger partial charge in [-0.2, -0.15) is 0 Å². The molecule has 0 aliphatic carbocycles. The molecular formula is C12H14FNO3. The van der Waals surface area contributed by atoms with Gasteiger partial charge in [-0.25, -0.2) is 4.39 Å². The highest BCUT2D eigenvalue weighted by molar-refractivity contribution is 5.83. The van der Waals surface area contributed by atoms with Crippen LogP contribution in [0.25, 0.3) is 0 Å². The lowest BCUT2D eigenvalue weighted by Crippen LogP contribution is -2.56. The van der Waals surface area contributed by atoms with E-state index in [-0.39, 0.29) is 38.1 Å². The number of hydrogen-bond acceptors (Lipinski definition) is 3. The van der Waals surface area contributed by atoms with Crippen molar-refractivity contribution in [3.63, 3.8) is 0 Å². The van der Waals surface area contributed by atoms with Gasteiger partial charge in [-0.1, -0.05) is 18.2 Å². The average molecular weight is 239 g/mol. The van der Waals surface area contributed by atoms with E-state index in [2.05, 4.69) is 5.32 Å². The van der Waals surface area contributed by atoms with Gasteiger partial charge in [0.25, 0.3) is 0 Å². The number of amides is 1. The average Bonchev–Trinajstić information content (AvgIpc) is 2.27. The Labute approximate surface area is 98.4 Å². The van der Waals surface area contributed by atoms with Gasteiger partial charge in [-0.05, 0) is 6.07 Å². The third-order valence-electron chi connectivity index (χ3n) is 2.94. The first kappa shape index (κ1) is 12.0. The number of hydrogen-bond donors (Lipinski definition) is 2. The smallest absolute Gasteiger partial charge is 0.233 e. The molecule has 4 nitrogen and oxygen atoms in total. The fourth-order valence-corrected chi connectivity index (χ4v) is 1.65. The highest BCUT2D eigenvalue weighted by Crippen LogP contribution is 2.26. The van der Waals surface area contributed by atoms with Gasteiger partial charge in [0, 0.05) is 12.1 Å². The second-order valence-electron chi connectivity index (χ2n) is 4.21. The Hall–Kier alpha value is -1.46. The molecule has 5 heteroatoms. The number of carbonyl (C=O) groups is 1. The van der Waals surface area contributed by atoms with Gasteiger partial charge in [0.15, 0.2) is 0 Å². The topological polar surface area (TPSA) is 58.6 Å². The van der Waals surface area contributed by atoms with Crippen LogP contribution >= 0.6 is 0 Å². The molecule has 0 saturated carbocycles. The lowest BCUT2D eigenvalue weighted by molar-refractivity contribution is -0.170. The molecule has 0 unspecified atom stereocenters. The van der Waals surface area contributed by atoms with E-state index in [1.165, 1.54) is 6.07 Å². The maximum Gasteiger partial charge on any atom is 0.233 e. The number of halogens is 1. The summed E-state index contributed by atoms with van der Waals surface area (Å²) in [7, 11) is 0. The summed E-state index contributed by atoms with van der Waals surface area (Å²) in [5.41, 5.74) is -0.417. The predicted molar refractivity (Wildman–Crippen MR) is 58.6 cm³/mol. The van der Waals surface area contributed by atoms with Crippen molar-refractivity contribution in [3.05, 3.63) is 35.6 Å². The Morgan fingerprint density at radius 2 is 2.18 bits per heavy atom. The zero-order valence-electron chi connectivity index (χ0n) is 9.28. The lowest BCUT2D eigenvalue weighted by atomic mass is 9.86. The van der Waals surface area contributed by atoms with Gasteiger partial charge in [0.2, 0.25) is 5.91 Å². The third kappa shape index (κ3) is 2.30. The third-order valence-corrected chi connectivity index (χ3v) is 2.94. The first-order chi connectivity index (χ1) is 8.18. The molecule has 0 bridgehead atoms. The summed E-state index contributed by atoms with van der Waals surface area (Å²) in [6.45, 7) is 0.294. The maximum atomic E-state index is 13.3. The summed E-state index contributed by atoms with van der Waals surface area (Å²) in [6, 6.07) is 6.25. The highest BCUT2D eigenvalue weighted by atomic mass is 19.1. The first-order valence-corrected chi connectivity index (χ1v) is 5.38. The van der Waals surface area contributed by atoms with Crippen LogP contribution in [0.5, 0.6) is 0 Å². The molecule has 0 atom stereocenters. The van der Waals surface area contributed by atoms with Gasteiger partial charge < -0.3 is 15.2 Å². The second kappa shape index (κ2) is 4.81. The largest absolute Gasteiger partial charge is 0.395 e. The van der Waals surface area contributed by atoms with Crippen molar-refractivity contribution in [2.75, 3.05) is 19.8 Å². The molecule has 1 fully saturated rings. The predicted octanol–water partition coefficient (Wildman–Crippen LogP) is 0.451. The van der Waals surface area contributed by atoms with Gasteiger partial charge in [0.1, 0.15) is 11.2 Å². The van der Waals surface area contributed by atoms with Crippen LogP contribution in [0.1, 0.15) is 5.56 Å². The molecule has 0 aromatic heterocycles. The van der Waals surface area contributed by atoms with Gasteiger partial charge in [0.05, 0.1) is 19.8 Å². The van der Waals surface area contributed by atoms with Crippen LogP contribution in [-0.4, -0.2) is 30.8 Å². The number of ether oxygens (including phenoxy) is 1. The van der Waals surface area contributed by atoms with E-state index in [0.717, 1.165) is 0 Å². The van der Waals surface area contributed by atoms with Crippen LogP contribution in [0.4, 0.5) is 4.39 Å². The summed E-state index contributed by atoms with van der Waals surface area (Å²) in [5.74, 6) is -0.648. The van der Waals surface area contributed by atoms with E-state index in [4.69, 9.17) is 9.84 Å². The van der Waals surface area contributed by atoms with Crippen LogP contribution in [-0.2, 0) is 16.1 Å². The van der Waals surface area contributed by atoms with Gasteiger partial charge in [-0.3, -0.25) is 4.79 Å². The van der Waals surface area contributed by atoms with Crippen molar-refractivity contribution in [1.29, 1.82) is 0 Å². The summed E-state index contributed by atoms with van der Waals surface area (Å²) < 4.78 is 18.2. The van der Waals surface area contributed by atoms with Crippen molar-refractivity contribution in [2.24, 2.45) is 5.41 Å². The fraction of sp³-hybridized carbons (Fsp3) is 0.417. The van der Waals surface area contributed by atoms with Crippen LogP contribution in [0.2, 0.25) is 0 Å². The molecular weight excluding hydrogens is 225 g/mol. The lowest BCUT2D eigenvalue weighted by Gasteiger charge is -2.38. The molecule has 1 aliphatic rings. The SMILES string of the molecule is O=C(NCc1ccccc1F)C1(CO)COC1. The molecule has 1 aromatic carbocycles. The fourth-order valence-electron chi connectivity index (χ4n) is 1.65. The number of carbonyl (C=O) groups excluding carboxylic acids is 1. The Kier molecular flexibility index (Phi) is 3.40. The molecule has 1 aliphatic heterocycles. The highest BCUT2D eigenvalue weighted by Gasteiger charge is 2.45. The van der Waals surface area contributed by atoms with Crippen LogP contribution in [0, 0.1) is 11.2 Å². The van der Waals surface area contributed by atoms with Crippen molar-refractivity contribution in [1.82, 2.24) is 5.32 Å². The monoisotopic (exact) mass is 239 g/mol. The van der Waals surface area contributed by atoms with Gasteiger partial charge >= 0.3 is 0 Å². The second-order valence-corrected chi connectivity index (χ2v) is 4.21. The quantitative estimate of drug-likeness (QED) is 0.802. The zero-order valence-corrected chi connectivity index (χ0v) is 9.28. The van der Waals surface area contributed by atoms with E-state index < -0.39 is 5.41 Å². The normalized spacial score (nSPS) is 17.3. The van der Waals surface area contributed by atoms with Crippen LogP contribution in [0.3, 0.4) is 0 Å². The first-order valence-electron chi connectivity index (χ1n) is 5.38. The Morgan fingerprint density at radius 3 is 2.71 bits per heavy atom. The number of rotatable bonds is 4. The number of nitrogens with one attached hydrogen (secondary N) is 1. The molecule has 2 rings (SSSR count). The Balaban J connectivity index is 1.95. The molecule has 1 amide bonds. The summed E-state index contributed by atoms with van der Waals surface area (Å²) in [6.07, 6.45) is 0. The molecule has 0 spiro atoms. The standard InChI is InChI=1S/C12H14FNO3/c13-10-4-2-1-3-9(10)5-14-11(16)12(6-15)7-17-8-12/h1-4,15H,5-8H2,(H,14,16). The van der Waals surface area contributed by atoms with E-state index >= 15 is 0 Å². The van der Waals surface area contributed by atoms with Crippen molar-refractivity contribution < 1.29 is 19.0 Å². The van der Waals surface area contributed by atoms with E-state index in [9.17, 15) is 9.18 Å². The molecule has 17 heavy (non-hydrogen) atoms. The number of benzene rings is 1. The number of aliphatic hydroxyl groups excluding tert-OH is 1. The van der Waals surface area contributed by atoms with Crippen LogP contribution < -0.4 is 5.32 Å². The molecule has 1 heterocycles. The molecule has 1 saturated heterocycles. The Morgan fingerprint density at radius 1 is 1.47 bits per heavy atom. The summed E-state index contributed by atoms with van der Waals surface area (Å²) in [5, 5.41) is 11.8. The molecule has 0 radical (unpaired) electrons. The summed E-state index contributed by atoms with van der Waals surface area (Å²) >= 11 is 0. The van der Waals surface area contributed by atoms with Crippen molar-refractivity contribution in [2.45, 2.75) is 6.54 Å².